The smallest absolute Gasteiger partial charge is 0.277 e. The summed E-state index contributed by atoms with van der Waals surface area (Å²) in [6.45, 7) is 1.88. The molecule has 4 N–H and O–H groups in total. The molecule has 0 atom stereocenters. The Morgan fingerprint density at radius 1 is 1.32 bits per heavy atom. The van der Waals surface area contributed by atoms with Crippen molar-refractivity contribution in [3.8, 4) is 0 Å². The number of nitrogens with zero attached hydrogens (tertiary/aromatic N) is 2. The van der Waals surface area contributed by atoms with Crippen molar-refractivity contribution in [1.29, 1.82) is 0 Å². The molecule has 0 aliphatic heterocycles. The fourth-order valence-corrected chi connectivity index (χ4v) is 2.21. The zero-order valence-corrected chi connectivity index (χ0v) is 13.4. The van der Waals surface area contributed by atoms with Crippen LogP contribution in [0.15, 0.2) is 47.1 Å². The van der Waals surface area contributed by atoms with Crippen molar-refractivity contribution >= 4 is 23.1 Å². The molecule has 3 rings (SSSR count). The molecule has 0 saturated heterocycles. The molecular formula is C17H16FN5O2. The van der Waals surface area contributed by atoms with Gasteiger partial charge in [0.25, 0.3) is 5.91 Å². The highest BCUT2D eigenvalue weighted by molar-refractivity contribution is 6.02. The monoisotopic (exact) mass is 341 g/mol. The number of halogens is 1. The highest BCUT2D eigenvalue weighted by atomic mass is 19.1. The predicted molar refractivity (Wildman–Crippen MR) is 91.6 cm³/mol. The summed E-state index contributed by atoms with van der Waals surface area (Å²) in [6.07, 6.45) is 1.57. The van der Waals surface area contributed by atoms with Gasteiger partial charge in [0.05, 0.1) is 5.69 Å². The molecule has 0 unspecified atom stereocenters. The first kappa shape index (κ1) is 16.4. The van der Waals surface area contributed by atoms with E-state index in [2.05, 4.69) is 20.8 Å². The Labute approximate surface area is 143 Å². The van der Waals surface area contributed by atoms with Crippen molar-refractivity contribution in [3.63, 3.8) is 0 Å². The SMILES string of the molecule is Cc1cc(C(=O)Nc2ccc(F)c(CNc3cccnc3N)c2)no1. The van der Waals surface area contributed by atoms with Crippen LogP contribution in [0.2, 0.25) is 0 Å². The minimum atomic E-state index is -0.432. The van der Waals surface area contributed by atoms with Gasteiger partial charge in [-0.2, -0.15) is 0 Å². The number of hydrogen-bond acceptors (Lipinski definition) is 6. The van der Waals surface area contributed by atoms with Gasteiger partial charge in [0.1, 0.15) is 17.4 Å². The van der Waals surface area contributed by atoms with Crippen LogP contribution >= 0.6 is 0 Å². The van der Waals surface area contributed by atoms with Gasteiger partial charge >= 0.3 is 0 Å². The fraction of sp³-hybridized carbons (Fsp3) is 0.118. The number of pyridine rings is 1. The number of amides is 1. The minimum Gasteiger partial charge on any atom is -0.382 e. The molecule has 0 aliphatic carbocycles. The summed E-state index contributed by atoms with van der Waals surface area (Å²) < 4.78 is 18.9. The molecule has 3 aromatic rings. The van der Waals surface area contributed by atoms with Crippen LogP contribution in [0.5, 0.6) is 0 Å². The Bertz CT molecular complexity index is 910. The number of benzene rings is 1. The second-order valence-corrected chi connectivity index (χ2v) is 5.37. The van der Waals surface area contributed by atoms with E-state index in [0.29, 0.717) is 28.5 Å². The molecule has 128 valence electrons. The average molecular weight is 341 g/mol. The van der Waals surface area contributed by atoms with Gasteiger partial charge in [-0.05, 0) is 37.3 Å². The first-order valence-corrected chi connectivity index (χ1v) is 7.50. The van der Waals surface area contributed by atoms with E-state index in [4.69, 9.17) is 10.3 Å². The zero-order valence-electron chi connectivity index (χ0n) is 13.4. The summed E-state index contributed by atoms with van der Waals surface area (Å²) in [4.78, 5) is 16.0. The Balaban J connectivity index is 1.72. The van der Waals surface area contributed by atoms with Crippen LogP contribution in [0.1, 0.15) is 21.8 Å². The third-order valence-corrected chi connectivity index (χ3v) is 3.47. The molecule has 1 aromatic carbocycles. The van der Waals surface area contributed by atoms with E-state index in [-0.39, 0.29) is 12.2 Å². The largest absolute Gasteiger partial charge is 0.382 e. The number of hydrogen-bond donors (Lipinski definition) is 3. The zero-order chi connectivity index (χ0) is 17.8. The molecule has 0 bridgehead atoms. The number of aromatic nitrogens is 2. The normalized spacial score (nSPS) is 10.5. The van der Waals surface area contributed by atoms with Gasteiger partial charge in [-0.1, -0.05) is 5.16 Å². The quantitative estimate of drug-likeness (QED) is 0.659. The van der Waals surface area contributed by atoms with E-state index in [1.54, 1.807) is 31.3 Å². The second kappa shape index (κ2) is 7.00. The van der Waals surface area contributed by atoms with E-state index >= 15 is 0 Å². The van der Waals surface area contributed by atoms with Crippen LogP contribution < -0.4 is 16.4 Å². The topological polar surface area (TPSA) is 106 Å². The molecule has 25 heavy (non-hydrogen) atoms. The van der Waals surface area contributed by atoms with Crippen molar-refractivity contribution in [2.24, 2.45) is 0 Å². The van der Waals surface area contributed by atoms with Crippen molar-refractivity contribution in [3.05, 3.63) is 65.4 Å². The van der Waals surface area contributed by atoms with Gasteiger partial charge in [0, 0.05) is 30.1 Å². The Hall–Kier alpha value is -3.42. The van der Waals surface area contributed by atoms with Gasteiger partial charge in [0.2, 0.25) is 0 Å². The molecule has 0 spiro atoms. The Morgan fingerprint density at radius 2 is 2.16 bits per heavy atom. The third-order valence-electron chi connectivity index (χ3n) is 3.47. The van der Waals surface area contributed by atoms with E-state index in [1.807, 2.05) is 0 Å². The summed E-state index contributed by atoms with van der Waals surface area (Å²) in [5.41, 5.74) is 7.33. The minimum absolute atomic E-state index is 0.157. The molecular weight excluding hydrogens is 325 g/mol. The number of carbonyl (C=O) groups excluding carboxylic acids is 1. The number of rotatable bonds is 5. The van der Waals surface area contributed by atoms with Gasteiger partial charge in [-0.3, -0.25) is 4.79 Å². The molecule has 2 heterocycles. The maximum atomic E-state index is 14.0. The molecule has 8 heteroatoms. The lowest BCUT2D eigenvalue weighted by molar-refractivity contribution is 0.101. The number of anilines is 3. The van der Waals surface area contributed by atoms with E-state index < -0.39 is 11.7 Å². The van der Waals surface area contributed by atoms with Crippen LogP contribution in [0, 0.1) is 12.7 Å². The predicted octanol–water partition coefficient (Wildman–Crippen LogP) is 2.96. The standard InChI is InChI=1S/C17H16FN5O2/c1-10-7-15(23-25-10)17(24)22-12-4-5-13(18)11(8-12)9-21-14-3-2-6-20-16(14)19/h2-8,21H,9H2,1H3,(H2,19,20)(H,22,24). The second-order valence-electron chi connectivity index (χ2n) is 5.37. The average Bonchev–Trinajstić information content (AvgIpc) is 3.03. The summed E-state index contributed by atoms with van der Waals surface area (Å²) in [5, 5.41) is 9.32. The number of nitrogens with two attached hydrogens (primary N) is 1. The molecule has 7 nitrogen and oxygen atoms in total. The molecule has 0 radical (unpaired) electrons. The summed E-state index contributed by atoms with van der Waals surface area (Å²) in [6, 6.07) is 9.30. The van der Waals surface area contributed by atoms with Crippen LogP contribution in [-0.2, 0) is 6.54 Å². The van der Waals surface area contributed by atoms with Crippen molar-refractivity contribution in [2.75, 3.05) is 16.4 Å². The molecule has 0 saturated carbocycles. The Morgan fingerprint density at radius 3 is 2.88 bits per heavy atom. The number of nitrogen functional groups attached to an aromatic ring is 1. The number of aryl methyl sites for hydroxylation is 1. The molecule has 2 aromatic heterocycles. The highest BCUT2D eigenvalue weighted by Gasteiger charge is 2.12. The first-order valence-electron chi connectivity index (χ1n) is 7.50. The van der Waals surface area contributed by atoms with Gasteiger partial charge in [-0.15, -0.1) is 0 Å². The van der Waals surface area contributed by atoms with Crippen molar-refractivity contribution in [2.45, 2.75) is 13.5 Å². The lowest BCUT2D eigenvalue weighted by Crippen LogP contribution is -2.13. The highest BCUT2D eigenvalue weighted by Crippen LogP contribution is 2.19. The third kappa shape index (κ3) is 3.92. The van der Waals surface area contributed by atoms with Gasteiger partial charge in [-0.25, -0.2) is 9.37 Å². The Kier molecular flexibility index (Phi) is 4.60. The van der Waals surface area contributed by atoms with Crippen molar-refractivity contribution < 1.29 is 13.7 Å². The maximum absolute atomic E-state index is 14.0. The molecule has 0 aliphatic rings. The van der Waals surface area contributed by atoms with Crippen LogP contribution in [0.4, 0.5) is 21.6 Å². The van der Waals surface area contributed by atoms with Crippen molar-refractivity contribution in [1.82, 2.24) is 10.1 Å². The summed E-state index contributed by atoms with van der Waals surface area (Å²) in [7, 11) is 0. The lowest BCUT2D eigenvalue weighted by atomic mass is 10.1. The van der Waals surface area contributed by atoms with Crippen LogP contribution in [0.25, 0.3) is 0 Å². The van der Waals surface area contributed by atoms with Crippen LogP contribution in [0.3, 0.4) is 0 Å². The number of nitrogens with one attached hydrogen (secondary N) is 2. The lowest BCUT2D eigenvalue weighted by Gasteiger charge is -2.11. The van der Waals surface area contributed by atoms with E-state index in [1.165, 1.54) is 18.2 Å². The summed E-state index contributed by atoms with van der Waals surface area (Å²) >= 11 is 0. The maximum Gasteiger partial charge on any atom is 0.277 e. The van der Waals surface area contributed by atoms with Gasteiger partial charge in [0.15, 0.2) is 5.69 Å². The van der Waals surface area contributed by atoms with Gasteiger partial charge < -0.3 is 20.9 Å². The van der Waals surface area contributed by atoms with E-state index in [0.717, 1.165) is 0 Å². The molecule has 0 fully saturated rings. The number of carbonyl (C=O) groups is 1. The first-order chi connectivity index (χ1) is 12.0. The van der Waals surface area contributed by atoms with E-state index in [9.17, 15) is 9.18 Å². The summed E-state index contributed by atoms with van der Waals surface area (Å²) in [5.74, 6) is 0.0288. The fourth-order valence-electron chi connectivity index (χ4n) is 2.21. The molecule has 1 amide bonds. The van der Waals surface area contributed by atoms with Crippen LogP contribution in [-0.4, -0.2) is 16.0 Å².